The molecule has 3 aromatic rings. The second-order valence-corrected chi connectivity index (χ2v) is 7.93. The van der Waals surface area contributed by atoms with Crippen LogP contribution >= 0.6 is 11.6 Å². The predicted octanol–water partition coefficient (Wildman–Crippen LogP) is 4.07. The number of aromatic amines is 1. The highest BCUT2D eigenvalue weighted by molar-refractivity contribution is 6.31. The minimum atomic E-state index is -0.425. The number of carbonyl (C=O) groups excluding carboxylic acids is 2. The first-order chi connectivity index (χ1) is 13.5. The summed E-state index contributed by atoms with van der Waals surface area (Å²) in [5.74, 6) is -0.270. The summed E-state index contributed by atoms with van der Waals surface area (Å²) in [5.41, 5.74) is 4.08. The first-order valence-electron chi connectivity index (χ1n) is 9.52. The average molecular weight is 394 g/mol. The summed E-state index contributed by atoms with van der Waals surface area (Å²) in [6.45, 7) is 2.83. The van der Waals surface area contributed by atoms with Gasteiger partial charge in [-0.05, 0) is 49.2 Å². The molecule has 2 amide bonds. The second kappa shape index (κ2) is 6.47. The number of H-pyrrole nitrogens is 1. The number of rotatable bonds is 2. The van der Waals surface area contributed by atoms with Crippen LogP contribution in [-0.2, 0) is 16.0 Å². The van der Waals surface area contributed by atoms with Crippen LogP contribution in [0.15, 0.2) is 48.5 Å². The van der Waals surface area contributed by atoms with Gasteiger partial charge < -0.3 is 4.98 Å². The molecule has 6 heteroatoms. The van der Waals surface area contributed by atoms with Crippen molar-refractivity contribution >= 4 is 40.0 Å². The van der Waals surface area contributed by atoms with Crippen molar-refractivity contribution in [1.29, 1.82) is 0 Å². The summed E-state index contributed by atoms with van der Waals surface area (Å²) < 4.78 is 0. The molecule has 2 aliphatic rings. The fourth-order valence-electron chi connectivity index (χ4n) is 4.62. The fraction of sp³-hybridized carbons (Fsp3) is 0.273. The molecule has 28 heavy (non-hydrogen) atoms. The van der Waals surface area contributed by atoms with E-state index in [0.29, 0.717) is 5.69 Å². The topological polar surface area (TPSA) is 56.4 Å². The minimum Gasteiger partial charge on any atom is -0.357 e. The number of amides is 2. The zero-order chi connectivity index (χ0) is 19.4. The number of hydrogen-bond acceptors (Lipinski definition) is 3. The summed E-state index contributed by atoms with van der Waals surface area (Å²) in [7, 11) is 0. The number of para-hydroxylation sites is 1. The monoisotopic (exact) mass is 393 g/mol. The van der Waals surface area contributed by atoms with Crippen molar-refractivity contribution in [2.24, 2.45) is 0 Å². The number of imide groups is 1. The normalized spacial score (nSPS) is 22.9. The lowest BCUT2D eigenvalue weighted by molar-refractivity contribution is -0.123. The molecular weight excluding hydrogens is 374 g/mol. The van der Waals surface area contributed by atoms with Crippen LogP contribution in [0.1, 0.15) is 30.6 Å². The van der Waals surface area contributed by atoms with Gasteiger partial charge in [-0.25, -0.2) is 4.90 Å². The molecule has 2 atom stereocenters. The van der Waals surface area contributed by atoms with Crippen LogP contribution in [0.25, 0.3) is 10.9 Å². The molecule has 142 valence electrons. The Morgan fingerprint density at radius 1 is 1.11 bits per heavy atom. The third kappa shape index (κ3) is 2.58. The third-order valence-electron chi connectivity index (χ3n) is 5.97. The lowest BCUT2D eigenvalue weighted by Gasteiger charge is -2.36. The maximum Gasteiger partial charge on any atom is 0.251 e. The quantitative estimate of drug-likeness (QED) is 0.667. The largest absolute Gasteiger partial charge is 0.357 e. The Morgan fingerprint density at radius 3 is 2.68 bits per heavy atom. The van der Waals surface area contributed by atoms with Crippen molar-refractivity contribution in [3.8, 4) is 0 Å². The molecule has 0 bridgehead atoms. The molecule has 2 aliphatic heterocycles. The molecular formula is C22H20ClN3O2. The number of nitrogens with zero attached hydrogens (tertiary/aromatic N) is 2. The number of benzene rings is 2. The van der Waals surface area contributed by atoms with Crippen molar-refractivity contribution in [3.05, 3.63) is 64.8 Å². The maximum absolute atomic E-state index is 13.1. The highest BCUT2D eigenvalue weighted by Gasteiger charge is 2.45. The van der Waals surface area contributed by atoms with E-state index in [9.17, 15) is 9.59 Å². The predicted molar refractivity (Wildman–Crippen MR) is 109 cm³/mol. The van der Waals surface area contributed by atoms with Gasteiger partial charge in [0.05, 0.1) is 18.2 Å². The van der Waals surface area contributed by atoms with Gasteiger partial charge in [-0.3, -0.25) is 14.5 Å². The summed E-state index contributed by atoms with van der Waals surface area (Å²) in [6, 6.07) is 14.6. The van der Waals surface area contributed by atoms with Gasteiger partial charge >= 0.3 is 0 Å². The van der Waals surface area contributed by atoms with E-state index in [0.717, 1.165) is 34.6 Å². The van der Waals surface area contributed by atoms with E-state index in [4.69, 9.17) is 11.6 Å². The second-order valence-electron chi connectivity index (χ2n) is 7.49. The number of aromatic nitrogens is 1. The van der Waals surface area contributed by atoms with Gasteiger partial charge in [0.15, 0.2) is 0 Å². The van der Waals surface area contributed by atoms with Crippen LogP contribution in [0.2, 0.25) is 5.02 Å². The number of fused-ring (bicyclic) bond motifs is 3. The van der Waals surface area contributed by atoms with Crippen LogP contribution in [0.5, 0.6) is 0 Å². The van der Waals surface area contributed by atoms with Gasteiger partial charge in [0.2, 0.25) is 5.91 Å². The Balaban J connectivity index is 1.47. The van der Waals surface area contributed by atoms with Crippen molar-refractivity contribution < 1.29 is 9.59 Å². The van der Waals surface area contributed by atoms with E-state index in [1.165, 1.54) is 10.5 Å². The van der Waals surface area contributed by atoms with E-state index in [-0.39, 0.29) is 24.3 Å². The molecule has 2 aromatic carbocycles. The molecule has 0 saturated carbocycles. The number of carbonyl (C=O) groups is 2. The highest BCUT2D eigenvalue weighted by atomic mass is 35.5. The molecule has 2 unspecified atom stereocenters. The van der Waals surface area contributed by atoms with Gasteiger partial charge in [0, 0.05) is 34.2 Å². The van der Waals surface area contributed by atoms with E-state index < -0.39 is 6.04 Å². The van der Waals surface area contributed by atoms with Crippen LogP contribution in [0, 0.1) is 0 Å². The number of nitrogens with one attached hydrogen (secondary N) is 1. The minimum absolute atomic E-state index is 0.0207. The summed E-state index contributed by atoms with van der Waals surface area (Å²) in [5, 5.41) is 1.87. The van der Waals surface area contributed by atoms with E-state index >= 15 is 0 Å². The van der Waals surface area contributed by atoms with Crippen LogP contribution in [0.4, 0.5) is 5.69 Å². The molecule has 0 spiro atoms. The molecule has 0 radical (unpaired) electrons. The van der Waals surface area contributed by atoms with E-state index in [2.05, 4.69) is 16.8 Å². The smallest absolute Gasteiger partial charge is 0.251 e. The lowest BCUT2D eigenvalue weighted by Crippen LogP contribution is -2.46. The Hall–Kier alpha value is -2.63. The van der Waals surface area contributed by atoms with E-state index in [1.54, 1.807) is 12.1 Å². The first kappa shape index (κ1) is 17.5. The first-order valence-corrected chi connectivity index (χ1v) is 9.90. The fourth-order valence-corrected chi connectivity index (χ4v) is 4.79. The zero-order valence-corrected chi connectivity index (χ0v) is 16.2. The van der Waals surface area contributed by atoms with Gasteiger partial charge in [0.25, 0.3) is 5.91 Å². The molecule has 1 fully saturated rings. The summed E-state index contributed by atoms with van der Waals surface area (Å²) in [6.07, 6.45) is 1.04. The average Bonchev–Trinajstić information content (AvgIpc) is 3.20. The maximum atomic E-state index is 13.1. The van der Waals surface area contributed by atoms with Gasteiger partial charge in [-0.2, -0.15) is 0 Å². The Kier molecular flexibility index (Phi) is 4.03. The molecule has 1 aromatic heterocycles. The highest BCUT2D eigenvalue weighted by Crippen LogP contribution is 2.38. The van der Waals surface area contributed by atoms with Gasteiger partial charge in [0.1, 0.15) is 0 Å². The van der Waals surface area contributed by atoms with Crippen molar-refractivity contribution in [2.45, 2.75) is 31.8 Å². The lowest BCUT2D eigenvalue weighted by atomic mass is 9.96. The Labute approximate surface area is 167 Å². The molecule has 5 rings (SSSR count). The van der Waals surface area contributed by atoms with Crippen LogP contribution < -0.4 is 4.90 Å². The Bertz CT molecular complexity index is 1090. The zero-order valence-electron chi connectivity index (χ0n) is 15.5. The SMILES string of the molecule is CC1c2[nH]c3ccc(Cl)cc3c2CCN1C1CC(=O)N(c2ccccc2)C1=O. The van der Waals surface area contributed by atoms with Crippen LogP contribution in [-0.4, -0.2) is 34.3 Å². The van der Waals surface area contributed by atoms with Crippen LogP contribution in [0.3, 0.4) is 0 Å². The van der Waals surface area contributed by atoms with E-state index in [1.807, 2.05) is 36.4 Å². The van der Waals surface area contributed by atoms with Crippen molar-refractivity contribution in [1.82, 2.24) is 9.88 Å². The standard InChI is InChI=1S/C22H20ClN3O2/c1-13-21-16(17-11-14(23)7-8-18(17)24-21)9-10-25(13)19-12-20(27)26(22(19)28)15-5-3-2-4-6-15/h2-8,11,13,19,24H,9-10,12H2,1H3. The molecule has 3 heterocycles. The molecule has 5 nitrogen and oxygen atoms in total. The van der Waals surface area contributed by atoms with Gasteiger partial charge in [-0.15, -0.1) is 0 Å². The molecule has 1 N–H and O–H groups in total. The number of hydrogen-bond donors (Lipinski definition) is 1. The van der Waals surface area contributed by atoms with Crippen molar-refractivity contribution in [2.75, 3.05) is 11.4 Å². The third-order valence-corrected chi connectivity index (χ3v) is 6.21. The summed E-state index contributed by atoms with van der Waals surface area (Å²) in [4.78, 5) is 32.7. The number of halogens is 1. The molecule has 0 aliphatic carbocycles. The molecule has 1 saturated heterocycles. The van der Waals surface area contributed by atoms with Gasteiger partial charge in [-0.1, -0.05) is 29.8 Å². The number of anilines is 1. The summed E-state index contributed by atoms with van der Waals surface area (Å²) >= 11 is 6.18. The Morgan fingerprint density at radius 2 is 1.89 bits per heavy atom. The van der Waals surface area contributed by atoms with Crippen molar-refractivity contribution in [3.63, 3.8) is 0 Å².